The van der Waals surface area contributed by atoms with Crippen LogP contribution in [0.3, 0.4) is 0 Å². The third kappa shape index (κ3) is 7.76. The number of aliphatic hydroxyl groups excluding tert-OH is 1. The summed E-state index contributed by atoms with van der Waals surface area (Å²) in [5.41, 5.74) is 0. The Morgan fingerprint density at radius 2 is 2.00 bits per heavy atom. The van der Waals surface area contributed by atoms with Crippen LogP contribution in [0.4, 0.5) is 13.2 Å². The third-order valence-electron chi connectivity index (χ3n) is 2.56. The molecule has 0 heterocycles. The summed E-state index contributed by atoms with van der Waals surface area (Å²) in [6.45, 7) is 1.30. The molecule has 1 aromatic carbocycles. The maximum Gasteiger partial charge on any atom is 0.390 e. The summed E-state index contributed by atoms with van der Waals surface area (Å²) in [7, 11) is 0. The average molecular weight is 346 g/mol. The van der Waals surface area contributed by atoms with Gasteiger partial charge in [0.25, 0.3) is 0 Å². The van der Waals surface area contributed by atoms with Gasteiger partial charge in [-0.3, -0.25) is 0 Å². The Bertz CT molecular complexity index is 458. The highest BCUT2D eigenvalue weighted by Crippen LogP contribution is 2.27. The fourth-order valence-electron chi connectivity index (χ4n) is 1.59. The molecule has 0 spiro atoms. The zero-order valence-electron chi connectivity index (χ0n) is 11.3. The number of rotatable bonds is 7. The second-order valence-electron chi connectivity index (χ2n) is 4.67. The first-order valence-electron chi connectivity index (χ1n) is 6.23. The first-order valence-corrected chi connectivity index (χ1v) is 6.99. The largest absolute Gasteiger partial charge is 0.489 e. The Hall–Kier alpha value is -0.690. The predicted octanol–water partition coefficient (Wildman–Crippen LogP) is 3.66. The topological polar surface area (TPSA) is 41.5 Å². The lowest BCUT2D eigenvalue weighted by Crippen LogP contribution is -2.38. The highest BCUT2D eigenvalue weighted by atomic mass is 35.5. The quantitative estimate of drug-likeness (QED) is 0.792. The molecule has 0 aliphatic heterocycles. The van der Waals surface area contributed by atoms with Crippen molar-refractivity contribution in [3.8, 4) is 5.75 Å². The van der Waals surface area contributed by atoms with E-state index in [2.05, 4.69) is 5.32 Å². The number of halogens is 5. The van der Waals surface area contributed by atoms with E-state index in [4.69, 9.17) is 27.9 Å². The van der Waals surface area contributed by atoms with Crippen LogP contribution in [0.25, 0.3) is 0 Å². The lowest BCUT2D eigenvalue weighted by Gasteiger charge is -2.19. The molecule has 120 valence electrons. The molecule has 0 aliphatic rings. The van der Waals surface area contributed by atoms with E-state index in [-0.39, 0.29) is 13.2 Å². The van der Waals surface area contributed by atoms with Crippen molar-refractivity contribution in [3.05, 3.63) is 28.2 Å². The van der Waals surface area contributed by atoms with Gasteiger partial charge in [0.2, 0.25) is 0 Å². The summed E-state index contributed by atoms with van der Waals surface area (Å²) >= 11 is 11.6. The maximum absolute atomic E-state index is 12.1. The van der Waals surface area contributed by atoms with Crippen LogP contribution in [0.1, 0.15) is 13.3 Å². The molecule has 0 bridgehead atoms. The SMILES string of the molecule is CC(CC(F)(F)F)NCC(O)COc1ccc(Cl)cc1Cl. The zero-order chi connectivity index (χ0) is 16.0. The van der Waals surface area contributed by atoms with Crippen molar-refractivity contribution in [3.63, 3.8) is 0 Å². The zero-order valence-corrected chi connectivity index (χ0v) is 12.8. The van der Waals surface area contributed by atoms with E-state index < -0.39 is 24.7 Å². The second-order valence-corrected chi connectivity index (χ2v) is 5.51. The fourth-order valence-corrected chi connectivity index (χ4v) is 2.06. The molecule has 2 unspecified atom stereocenters. The van der Waals surface area contributed by atoms with E-state index in [1.54, 1.807) is 12.1 Å². The number of nitrogens with one attached hydrogen (secondary N) is 1. The molecule has 2 atom stereocenters. The van der Waals surface area contributed by atoms with Gasteiger partial charge in [0.05, 0.1) is 11.4 Å². The van der Waals surface area contributed by atoms with Crippen molar-refractivity contribution in [2.75, 3.05) is 13.2 Å². The molecule has 0 saturated heterocycles. The van der Waals surface area contributed by atoms with Crippen LogP contribution in [0.5, 0.6) is 5.75 Å². The Morgan fingerprint density at radius 3 is 2.57 bits per heavy atom. The number of hydrogen-bond acceptors (Lipinski definition) is 3. The molecule has 0 fully saturated rings. The summed E-state index contributed by atoms with van der Waals surface area (Å²) in [5.74, 6) is 0.350. The van der Waals surface area contributed by atoms with Crippen LogP contribution in [0, 0.1) is 0 Å². The van der Waals surface area contributed by atoms with Crippen LogP contribution in [-0.2, 0) is 0 Å². The molecule has 1 aromatic rings. The average Bonchev–Trinajstić information content (AvgIpc) is 2.33. The Labute approximate surface area is 131 Å². The first-order chi connectivity index (χ1) is 9.67. The highest BCUT2D eigenvalue weighted by Gasteiger charge is 2.29. The third-order valence-corrected chi connectivity index (χ3v) is 3.10. The number of alkyl halides is 3. The van der Waals surface area contributed by atoms with E-state index in [0.717, 1.165) is 0 Å². The van der Waals surface area contributed by atoms with E-state index in [0.29, 0.717) is 15.8 Å². The van der Waals surface area contributed by atoms with Crippen molar-refractivity contribution < 1.29 is 23.0 Å². The van der Waals surface area contributed by atoms with Crippen LogP contribution in [0.2, 0.25) is 10.0 Å². The van der Waals surface area contributed by atoms with Gasteiger partial charge in [0.1, 0.15) is 18.5 Å². The smallest absolute Gasteiger partial charge is 0.390 e. The molecule has 0 amide bonds. The van der Waals surface area contributed by atoms with Gasteiger partial charge in [0.15, 0.2) is 0 Å². The first kappa shape index (κ1) is 18.4. The minimum absolute atomic E-state index is 0.0115. The molecule has 1 rings (SSSR count). The summed E-state index contributed by atoms with van der Waals surface area (Å²) in [4.78, 5) is 0. The van der Waals surface area contributed by atoms with Crippen LogP contribution in [-0.4, -0.2) is 36.6 Å². The molecule has 3 nitrogen and oxygen atoms in total. The molecule has 0 aromatic heterocycles. The lowest BCUT2D eigenvalue weighted by molar-refractivity contribution is -0.139. The molecule has 21 heavy (non-hydrogen) atoms. The molecular formula is C13H16Cl2F3NO2. The summed E-state index contributed by atoms with van der Waals surface area (Å²) in [6.07, 6.45) is -6.14. The van der Waals surface area contributed by atoms with Gasteiger partial charge in [0, 0.05) is 17.6 Å². The molecule has 2 N–H and O–H groups in total. The Morgan fingerprint density at radius 1 is 1.33 bits per heavy atom. The van der Waals surface area contributed by atoms with Crippen molar-refractivity contribution in [2.45, 2.75) is 31.7 Å². The van der Waals surface area contributed by atoms with Gasteiger partial charge in [-0.05, 0) is 25.1 Å². The van der Waals surface area contributed by atoms with Crippen molar-refractivity contribution in [1.29, 1.82) is 0 Å². The normalized spacial score (nSPS) is 14.8. The van der Waals surface area contributed by atoms with E-state index in [1.165, 1.54) is 13.0 Å². The van der Waals surface area contributed by atoms with Crippen molar-refractivity contribution >= 4 is 23.2 Å². The molecule has 0 radical (unpaired) electrons. The molecule has 0 aliphatic carbocycles. The second kappa shape index (κ2) is 8.08. The number of benzene rings is 1. The van der Waals surface area contributed by atoms with Gasteiger partial charge >= 0.3 is 6.18 Å². The van der Waals surface area contributed by atoms with Gasteiger partial charge in [-0.15, -0.1) is 0 Å². The predicted molar refractivity (Wildman–Crippen MR) is 76.1 cm³/mol. The Kier molecular flexibility index (Phi) is 7.06. The fraction of sp³-hybridized carbons (Fsp3) is 0.538. The molecular weight excluding hydrogens is 330 g/mol. The number of ether oxygens (including phenoxy) is 1. The van der Waals surface area contributed by atoms with Crippen LogP contribution in [0.15, 0.2) is 18.2 Å². The lowest BCUT2D eigenvalue weighted by atomic mass is 10.2. The Balaban J connectivity index is 2.32. The standard InChI is InChI=1S/C13H16Cl2F3NO2/c1-8(5-13(16,17)18)19-6-10(20)7-21-12-3-2-9(14)4-11(12)15/h2-4,8,10,19-20H,5-7H2,1H3. The molecule has 0 saturated carbocycles. The summed E-state index contributed by atoms with van der Waals surface area (Å²) in [6, 6.07) is 3.85. The van der Waals surface area contributed by atoms with Gasteiger partial charge in [-0.1, -0.05) is 23.2 Å². The monoisotopic (exact) mass is 345 g/mol. The number of hydrogen-bond donors (Lipinski definition) is 2. The van der Waals surface area contributed by atoms with E-state index >= 15 is 0 Å². The summed E-state index contributed by atoms with van der Waals surface area (Å²) < 4.78 is 41.7. The summed E-state index contributed by atoms with van der Waals surface area (Å²) in [5, 5.41) is 13.0. The van der Waals surface area contributed by atoms with Crippen LogP contribution >= 0.6 is 23.2 Å². The van der Waals surface area contributed by atoms with Gasteiger partial charge < -0.3 is 15.2 Å². The van der Waals surface area contributed by atoms with Crippen molar-refractivity contribution in [1.82, 2.24) is 5.32 Å². The van der Waals surface area contributed by atoms with Crippen molar-refractivity contribution in [2.24, 2.45) is 0 Å². The van der Waals surface area contributed by atoms with Gasteiger partial charge in [-0.2, -0.15) is 13.2 Å². The molecule has 8 heteroatoms. The minimum Gasteiger partial charge on any atom is -0.489 e. The highest BCUT2D eigenvalue weighted by molar-refractivity contribution is 6.35. The van der Waals surface area contributed by atoms with Gasteiger partial charge in [-0.25, -0.2) is 0 Å². The van der Waals surface area contributed by atoms with Crippen LogP contribution < -0.4 is 10.1 Å². The van der Waals surface area contributed by atoms with E-state index in [9.17, 15) is 18.3 Å². The maximum atomic E-state index is 12.1. The van der Waals surface area contributed by atoms with E-state index in [1.807, 2.05) is 0 Å². The number of aliphatic hydroxyl groups is 1. The minimum atomic E-state index is -4.23.